The Balaban J connectivity index is 1.33. The Labute approximate surface area is 156 Å². The summed E-state index contributed by atoms with van der Waals surface area (Å²) >= 11 is 0. The van der Waals surface area contributed by atoms with E-state index in [1.54, 1.807) is 36.7 Å². The normalized spacial score (nSPS) is 17.9. The number of amides is 2. The van der Waals surface area contributed by atoms with Crippen LogP contribution >= 0.6 is 0 Å². The maximum atomic E-state index is 12.5. The van der Waals surface area contributed by atoms with Gasteiger partial charge in [0.2, 0.25) is 0 Å². The maximum absolute atomic E-state index is 12.5. The Morgan fingerprint density at radius 2 is 1.59 bits per heavy atom. The van der Waals surface area contributed by atoms with Crippen LogP contribution in [0.3, 0.4) is 0 Å². The number of rotatable bonds is 4. The molecule has 2 aliphatic heterocycles. The fraction of sp³-hybridized carbons (Fsp3) is 0.300. The molecular formula is C20H19N3O4. The molecule has 0 unspecified atom stereocenters. The Kier molecular flexibility index (Phi) is 4.68. The van der Waals surface area contributed by atoms with Crippen molar-refractivity contribution in [3.63, 3.8) is 0 Å². The van der Waals surface area contributed by atoms with E-state index in [1.165, 1.54) is 5.56 Å². The van der Waals surface area contributed by atoms with Gasteiger partial charge >= 0.3 is 5.97 Å². The predicted molar refractivity (Wildman–Crippen MR) is 95.3 cm³/mol. The SMILES string of the molecule is O=C(ON1C(=O)c2ccccc2C1=O)C1CCN(Cc2ccncc2)CC1. The van der Waals surface area contributed by atoms with Crippen molar-refractivity contribution in [2.75, 3.05) is 13.1 Å². The van der Waals surface area contributed by atoms with Gasteiger partial charge in [-0.2, -0.15) is 0 Å². The Hall–Kier alpha value is -3.06. The van der Waals surface area contributed by atoms with Crippen LogP contribution in [-0.2, 0) is 16.2 Å². The van der Waals surface area contributed by atoms with Gasteiger partial charge in [-0.25, -0.2) is 4.79 Å². The zero-order chi connectivity index (χ0) is 18.8. The zero-order valence-electron chi connectivity index (χ0n) is 14.7. The minimum atomic E-state index is -0.584. The molecule has 0 saturated carbocycles. The molecule has 4 rings (SSSR count). The molecule has 0 radical (unpaired) electrons. The van der Waals surface area contributed by atoms with Crippen molar-refractivity contribution in [1.82, 2.24) is 14.9 Å². The monoisotopic (exact) mass is 365 g/mol. The number of imide groups is 1. The number of aromatic nitrogens is 1. The maximum Gasteiger partial charge on any atom is 0.336 e. The van der Waals surface area contributed by atoms with E-state index in [1.807, 2.05) is 12.1 Å². The lowest BCUT2D eigenvalue weighted by Crippen LogP contribution is -2.40. The van der Waals surface area contributed by atoms with Gasteiger partial charge in [-0.1, -0.05) is 17.2 Å². The molecule has 1 aromatic heterocycles. The fourth-order valence-electron chi connectivity index (χ4n) is 3.49. The summed E-state index contributed by atoms with van der Waals surface area (Å²) in [6.07, 6.45) is 4.79. The highest BCUT2D eigenvalue weighted by atomic mass is 16.7. The van der Waals surface area contributed by atoms with Crippen LogP contribution in [0.1, 0.15) is 39.1 Å². The topological polar surface area (TPSA) is 79.8 Å². The molecule has 0 spiro atoms. The van der Waals surface area contributed by atoms with Crippen LogP contribution in [-0.4, -0.2) is 45.8 Å². The summed E-state index contributed by atoms with van der Waals surface area (Å²) in [5.41, 5.74) is 1.71. The molecular weight excluding hydrogens is 346 g/mol. The van der Waals surface area contributed by atoms with Crippen LogP contribution in [0, 0.1) is 5.92 Å². The van der Waals surface area contributed by atoms with E-state index in [9.17, 15) is 14.4 Å². The second-order valence-corrected chi connectivity index (χ2v) is 6.77. The molecule has 2 aromatic rings. The number of benzene rings is 1. The third-order valence-corrected chi connectivity index (χ3v) is 5.01. The molecule has 1 saturated heterocycles. The number of fused-ring (bicyclic) bond motifs is 1. The van der Waals surface area contributed by atoms with Crippen molar-refractivity contribution in [2.45, 2.75) is 19.4 Å². The van der Waals surface area contributed by atoms with E-state index in [-0.39, 0.29) is 17.0 Å². The van der Waals surface area contributed by atoms with Crippen LogP contribution in [0.15, 0.2) is 48.8 Å². The van der Waals surface area contributed by atoms with Crippen molar-refractivity contribution in [2.24, 2.45) is 5.92 Å². The zero-order valence-corrected chi connectivity index (χ0v) is 14.7. The second kappa shape index (κ2) is 7.28. The number of hydrogen-bond acceptors (Lipinski definition) is 6. The van der Waals surface area contributed by atoms with Gasteiger partial charge in [0.25, 0.3) is 11.8 Å². The minimum Gasteiger partial charge on any atom is -0.329 e. The molecule has 2 amide bonds. The molecule has 1 fully saturated rings. The standard InChI is InChI=1S/C20H19N3O4/c24-18-16-3-1-2-4-17(16)19(25)23(18)27-20(26)15-7-11-22(12-8-15)13-14-5-9-21-10-6-14/h1-6,9-10,15H,7-8,11-13H2. The number of carbonyl (C=O) groups excluding carboxylic acids is 3. The van der Waals surface area contributed by atoms with Crippen molar-refractivity contribution in [3.05, 3.63) is 65.5 Å². The number of carbonyl (C=O) groups is 3. The molecule has 1 aromatic carbocycles. The first-order chi connectivity index (χ1) is 13.1. The smallest absolute Gasteiger partial charge is 0.329 e. The van der Waals surface area contributed by atoms with E-state index in [4.69, 9.17) is 4.84 Å². The summed E-state index contributed by atoms with van der Waals surface area (Å²) in [5, 5.41) is 0.594. The Bertz CT molecular complexity index is 841. The fourth-order valence-corrected chi connectivity index (χ4v) is 3.49. The number of nitrogens with zero attached hydrogens (tertiary/aromatic N) is 3. The Morgan fingerprint density at radius 3 is 2.19 bits per heavy atom. The van der Waals surface area contributed by atoms with Crippen molar-refractivity contribution in [3.8, 4) is 0 Å². The number of likely N-dealkylation sites (tertiary alicyclic amines) is 1. The van der Waals surface area contributed by atoms with Gasteiger partial charge in [-0.05, 0) is 55.8 Å². The molecule has 138 valence electrons. The number of piperidine rings is 1. The van der Waals surface area contributed by atoms with E-state index < -0.39 is 17.8 Å². The first-order valence-corrected chi connectivity index (χ1v) is 8.94. The summed E-state index contributed by atoms with van der Waals surface area (Å²) in [6.45, 7) is 2.32. The van der Waals surface area contributed by atoms with Gasteiger partial charge in [0.15, 0.2) is 0 Å². The molecule has 0 N–H and O–H groups in total. The summed E-state index contributed by atoms with van der Waals surface area (Å²) in [7, 11) is 0. The molecule has 7 heteroatoms. The summed E-state index contributed by atoms with van der Waals surface area (Å²) in [6, 6.07) is 10.4. The van der Waals surface area contributed by atoms with E-state index in [0.717, 1.165) is 19.6 Å². The van der Waals surface area contributed by atoms with Gasteiger partial charge in [-0.3, -0.25) is 19.5 Å². The quantitative estimate of drug-likeness (QED) is 0.772. The average molecular weight is 365 g/mol. The molecule has 2 aliphatic rings. The van der Waals surface area contributed by atoms with Crippen LogP contribution in [0.25, 0.3) is 0 Å². The molecule has 3 heterocycles. The van der Waals surface area contributed by atoms with E-state index in [2.05, 4.69) is 9.88 Å². The van der Waals surface area contributed by atoms with Gasteiger partial charge in [0, 0.05) is 18.9 Å². The molecule has 7 nitrogen and oxygen atoms in total. The summed E-state index contributed by atoms with van der Waals surface area (Å²) < 4.78 is 0. The lowest BCUT2D eigenvalue weighted by molar-refractivity contribution is -0.175. The van der Waals surface area contributed by atoms with Crippen LogP contribution in [0.4, 0.5) is 0 Å². The summed E-state index contributed by atoms with van der Waals surface area (Å²) in [5.74, 6) is -2.01. The van der Waals surface area contributed by atoms with Crippen LogP contribution in [0.5, 0.6) is 0 Å². The van der Waals surface area contributed by atoms with E-state index in [0.29, 0.717) is 17.9 Å². The third-order valence-electron chi connectivity index (χ3n) is 5.01. The number of hydroxylamine groups is 2. The molecule has 27 heavy (non-hydrogen) atoms. The second-order valence-electron chi connectivity index (χ2n) is 6.77. The molecule has 0 bridgehead atoms. The van der Waals surface area contributed by atoms with Crippen LogP contribution in [0.2, 0.25) is 0 Å². The highest BCUT2D eigenvalue weighted by molar-refractivity contribution is 6.20. The van der Waals surface area contributed by atoms with Crippen molar-refractivity contribution < 1.29 is 19.2 Å². The van der Waals surface area contributed by atoms with Gasteiger partial charge < -0.3 is 4.84 Å². The van der Waals surface area contributed by atoms with Crippen LogP contribution < -0.4 is 0 Å². The highest BCUT2D eigenvalue weighted by Crippen LogP contribution is 2.25. The number of pyridine rings is 1. The first kappa shape index (κ1) is 17.4. The predicted octanol–water partition coefficient (Wildman–Crippen LogP) is 2.05. The lowest BCUT2D eigenvalue weighted by atomic mass is 9.97. The number of hydrogen-bond donors (Lipinski definition) is 0. The minimum absolute atomic E-state index is 0.266. The summed E-state index contributed by atoms with van der Waals surface area (Å²) in [4.78, 5) is 48.5. The average Bonchev–Trinajstić information content (AvgIpc) is 2.94. The first-order valence-electron chi connectivity index (χ1n) is 8.94. The van der Waals surface area contributed by atoms with Gasteiger partial charge in [0.05, 0.1) is 17.0 Å². The Morgan fingerprint density at radius 1 is 1.00 bits per heavy atom. The largest absolute Gasteiger partial charge is 0.336 e. The lowest BCUT2D eigenvalue weighted by Gasteiger charge is -2.31. The van der Waals surface area contributed by atoms with Crippen molar-refractivity contribution >= 4 is 17.8 Å². The van der Waals surface area contributed by atoms with Crippen molar-refractivity contribution in [1.29, 1.82) is 0 Å². The highest BCUT2D eigenvalue weighted by Gasteiger charge is 2.40. The molecule has 0 atom stereocenters. The van der Waals surface area contributed by atoms with Gasteiger partial charge in [0.1, 0.15) is 0 Å². The third kappa shape index (κ3) is 3.46. The van der Waals surface area contributed by atoms with E-state index >= 15 is 0 Å². The van der Waals surface area contributed by atoms with Gasteiger partial charge in [-0.15, -0.1) is 0 Å². The molecule has 0 aliphatic carbocycles.